The first-order valence-corrected chi connectivity index (χ1v) is 7.28. The summed E-state index contributed by atoms with van der Waals surface area (Å²) in [6, 6.07) is 6.18. The van der Waals surface area contributed by atoms with Crippen LogP contribution in [0.25, 0.3) is 10.9 Å². The summed E-state index contributed by atoms with van der Waals surface area (Å²) in [4.78, 5) is 26.3. The van der Waals surface area contributed by atoms with Crippen LogP contribution in [0.3, 0.4) is 0 Å². The van der Waals surface area contributed by atoms with E-state index in [4.69, 9.17) is 0 Å². The molecule has 4 nitrogen and oxygen atoms in total. The quantitative estimate of drug-likeness (QED) is 0.860. The zero-order chi connectivity index (χ0) is 15.4. The molecule has 0 aliphatic heterocycles. The summed E-state index contributed by atoms with van der Waals surface area (Å²) in [5.74, 6) is -0.238. The molecule has 4 heteroatoms. The van der Waals surface area contributed by atoms with Crippen molar-refractivity contribution in [2.24, 2.45) is 0 Å². The second kappa shape index (κ2) is 6.57. The van der Waals surface area contributed by atoms with Crippen LogP contribution in [0.5, 0.6) is 0 Å². The minimum atomic E-state index is -0.238. The van der Waals surface area contributed by atoms with Crippen LogP contribution in [0.15, 0.2) is 23.0 Å². The molecule has 112 valence electrons. The van der Waals surface area contributed by atoms with Gasteiger partial charge in [-0.25, -0.2) is 0 Å². The maximum atomic E-state index is 12.2. The van der Waals surface area contributed by atoms with E-state index >= 15 is 0 Å². The summed E-state index contributed by atoms with van der Waals surface area (Å²) in [6.07, 6.45) is 2.48. The number of methoxy groups -OCH3 is 1. The van der Waals surface area contributed by atoms with Crippen molar-refractivity contribution >= 4 is 16.9 Å². The molecular weight excluding hydrogens is 266 g/mol. The fourth-order valence-electron chi connectivity index (χ4n) is 2.58. The number of benzene rings is 1. The SMILES string of the molecule is CCc1ccc2c(C)c(CCCC(=O)OC)c(=O)[nH]c2c1. The number of aromatic amines is 1. The lowest BCUT2D eigenvalue weighted by Gasteiger charge is -2.09. The highest BCUT2D eigenvalue weighted by atomic mass is 16.5. The van der Waals surface area contributed by atoms with Gasteiger partial charge in [-0.3, -0.25) is 9.59 Å². The van der Waals surface area contributed by atoms with Crippen LogP contribution in [0.2, 0.25) is 0 Å². The number of carbonyl (C=O) groups excluding carboxylic acids is 1. The van der Waals surface area contributed by atoms with Gasteiger partial charge in [0, 0.05) is 22.9 Å². The van der Waals surface area contributed by atoms with Gasteiger partial charge in [0.2, 0.25) is 0 Å². The normalized spacial score (nSPS) is 10.8. The number of aromatic nitrogens is 1. The van der Waals surface area contributed by atoms with Crippen LogP contribution < -0.4 is 5.56 Å². The number of nitrogens with one attached hydrogen (secondary N) is 1. The maximum absolute atomic E-state index is 12.2. The number of ether oxygens (including phenoxy) is 1. The van der Waals surface area contributed by atoms with Crippen LogP contribution in [-0.2, 0) is 22.4 Å². The van der Waals surface area contributed by atoms with Crippen molar-refractivity contribution in [1.82, 2.24) is 4.98 Å². The number of esters is 1. The lowest BCUT2D eigenvalue weighted by atomic mass is 9.99. The van der Waals surface area contributed by atoms with Crippen molar-refractivity contribution in [3.63, 3.8) is 0 Å². The van der Waals surface area contributed by atoms with Crippen molar-refractivity contribution in [3.05, 3.63) is 45.2 Å². The second-order valence-corrected chi connectivity index (χ2v) is 5.22. The third kappa shape index (κ3) is 3.32. The summed E-state index contributed by atoms with van der Waals surface area (Å²) in [6.45, 7) is 4.06. The number of hydrogen-bond donors (Lipinski definition) is 1. The van der Waals surface area contributed by atoms with E-state index < -0.39 is 0 Å². The molecule has 0 aliphatic rings. The Balaban J connectivity index is 2.32. The molecular formula is C17H21NO3. The average Bonchev–Trinajstić information content (AvgIpc) is 2.49. The molecule has 0 amide bonds. The predicted octanol–water partition coefficient (Wildman–Crippen LogP) is 2.89. The highest BCUT2D eigenvalue weighted by Gasteiger charge is 2.10. The fourth-order valence-corrected chi connectivity index (χ4v) is 2.58. The number of aryl methyl sites for hydroxylation is 2. The summed E-state index contributed by atoms with van der Waals surface area (Å²) < 4.78 is 4.62. The van der Waals surface area contributed by atoms with E-state index in [0.717, 1.165) is 28.5 Å². The van der Waals surface area contributed by atoms with E-state index in [1.807, 2.05) is 13.0 Å². The third-order valence-electron chi connectivity index (χ3n) is 3.91. The van der Waals surface area contributed by atoms with Gasteiger partial charge in [-0.2, -0.15) is 0 Å². The zero-order valence-corrected chi connectivity index (χ0v) is 12.8. The molecule has 1 N–H and O–H groups in total. The molecule has 1 aromatic carbocycles. The van der Waals surface area contributed by atoms with Gasteiger partial charge in [0.05, 0.1) is 7.11 Å². The smallest absolute Gasteiger partial charge is 0.305 e. The van der Waals surface area contributed by atoms with Crippen molar-refractivity contribution in [2.75, 3.05) is 7.11 Å². The van der Waals surface area contributed by atoms with Crippen molar-refractivity contribution in [3.8, 4) is 0 Å². The van der Waals surface area contributed by atoms with E-state index in [9.17, 15) is 9.59 Å². The van der Waals surface area contributed by atoms with Gasteiger partial charge in [-0.05, 0) is 43.4 Å². The standard InChI is InChI=1S/C17H21NO3/c1-4-12-8-9-13-11(2)14(6-5-7-16(19)21-3)17(20)18-15(13)10-12/h8-10H,4-7H2,1-3H3,(H,18,20). The van der Waals surface area contributed by atoms with Crippen molar-refractivity contribution in [2.45, 2.75) is 39.5 Å². The molecule has 0 bridgehead atoms. The van der Waals surface area contributed by atoms with Crippen LogP contribution >= 0.6 is 0 Å². The molecule has 1 heterocycles. The predicted molar refractivity (Wildman–Crippen MR) is 83.6 cm³/mol. The van der Waals surface area contributed by atoms with Gasteiger partial charge >= 0.3 is 5.97 Å². The molecule has 0 saturated carbocycles. The first-order valence-electron chi connectivity index (χ1n) is 7.28. The van der Waals surface area contributed by atoms with E-state index in [0.29, 0.717) is 19.3 Å². The van der Waals surface area contributed by atoms with E-state index in [-0.39, 0.29) is 11.5 Å². The molecule has 0 unspecified atom stereocenters. The molecule has 2 rings (SSSR count). The Bertz CT molecular complexity index is 716. The Morgan fingerprint density at radius 2 is 2.10 bits per heavy atom. The van der Waals surface area contributed by atoms with Gasteiger partial charge in [-0.1, -0.05) is 19.1 Å². The first kappa shape index (κ1) is 15.3. The number of fused-ring (bicyclic) bond motifs is 1. The molecule has 0 atom stereocenters. The minimum Gasteiger partial charge on any atom is -0.469 e. The molecule has 0 fully saturated rings. The fraction of sp³-hybridized carbons (Fsp3) is 0.412. The summed E-state index contributed by atoms with van der Waals surface area (Å²) >= 11 is 0. The summed E-state index contributed by atoms with van der Waals surface area (Å²) in [7, 11) is 1.38. The molecule has 2 aromatic rings. The number of H-pyrrole nitrogens is 1. The van der Waals surface area contributed by atoms with Crippen LogP contribution in [0, 0.1) is 6.92 Å². The molecule has 0 aliphatic carbocycles. The number of carbonyl (C=O) groups is 1. The topological polar surface area (TPSA) is 59.2 Å². The number of rotatable bonds is 5. The van der Waals surface area contributed by atoms with Crippen molar-refractivity contribution in [1.29, 1.82) is 0 Å². The highest BCUT2D eigenvalue weighted by Crippen LogP contribution is 2.20. The van der Waals surface area contributed by atoms with Gasteiger partial charge in [0.1, 0.15) is 0 Å². The monoisotopic (exact) mass is 287 g/mol. The van der Waals surface area contributed by atoms with E-state index in [1.54, 1.807) is 0 Å². The van der Waals surface area contributed by atoms with Gasteiger partial charge in [0.25, 0.3) is 5.56 Å². The molecule has 1 aromatic heterocycles. The molecule has 21 heavy (non-hydrogen) atoms. The van der Waals surface area contributed by atoms with Crippen molar-refractivity contribution < 1.29 is 9.53 Å². The second-order valence-electron chi connectivity index (χ2n) is 5.22. The largest absolute Gasteiger partial charge is 0.469 e. The zero-order valence-electron chi connectivity index (χ0n) is 12.8. The Morgan fingerprint density at radius 3 is 2.76 bits per heavy atom. The average molecular weight is 287 g/mol. The molecule has 0 saturated heterocycles. The lowest BCUT2D eigenvalue weighted by molar-refractivity contribution is -0.140. The third-order valence-corrected chi connectivity index (χ3v) is 3.91. The Kier molecular flexibility index (Phi) is 4.78. The number of hydrogen-bond acceptors (Lipinski definition) is 3. The highest BCUT2D eigenvalue weighted by molar-refractivity contribution is 5.83. The van der Waals surface area contributed by atoms with Crippen LogP contribution in [0.1, 0.15) is 36.5 Å². The Morgan fingerprint density at radius 1 is 1.33 bits per heavy atom. The number of pyridine rings is 1. The summed E-state index contributed by atoms with van der Waals surface area (Å²) in [5.41, 5.74) is 3.79. The maximum Gasteiger partial charge on any atom is 0.305 e. The minimum absolute atomic E-state index is 0.0573. The summed E-state index contributed by atoms with van der Waals surface area (Å²) in [5, 5.41) is 1.07. The van der Waals surface area contributed by atoms with Gasteiger partial charge < -0.3 is 9.72 Å². The molecule has 0 spiro atoms. The lowest BCUT2D eigenvalue weighted by Crippen LogP contribution is -2.15. The van der Waals surface area contributed by atoms with Gasteiger partial charge in [-0.15, -0.1) is 0 Å². The Labute approximate surface area is 124 Å². The first-order chi connectivity index (χ1) is 10.1. The Hall–Kier alpha value is -2.10. The van der Waals surface area contributed by atoms with Crippen LogP contribution in [0.4, 0.5) is 0 Å². The van der Waals surface area contributed by atoms with Gasteiger partial charge in [0.15, 0.2) is 0 Å². The van der Waals surface area contributed by atoms with Crippen LogP contribution in [-0.4, -0.2) is 18.1 Å². The van der Waals surface area contributed by atoms with E-state index in [2.05, 4.69) is 28.8 Å². The van der Waals surface area contributed by atoms with E-state index in [1.165, 1.54) is 12.7 Å². The molecule has 0 radical (unpaired) electrons.